The molecular weight excluding hydrogens is 246 g/mol. The standard InChI is InChI=1S/C10H17NO5S/c1-7(9(13)14)11-8(12)5-10(3-4-10)6-17(2,15)16/h7H,3-6H2,1-2H3,(H,11,12)(H,13,14)/t7-/m1/s1. The van der Waals surface area contributed by atoms with Crippen LogP contribution < -0.4 is 5.32 Å². The lowest BCUT2D eigenvalue weighted by atomic mass is 10.0. The highest BCUT2D eigenvalue weighted by Crippen LogP contribution is 2.49. The fourth-order valence-electron chi connectivity index (χ4n) is 1.80. The molecule has 1 rings (SSSR count). The molecule has 6 nitrogen and oxygen atoms in total. The Morgan fingerprint density at radius 3 is 2.29 bits per heavy atom. The first-order valence-electron chi connectivity index (χ1n) is 5.33. The van der Waals surface area contributed by atoms with Gasteiger partial charge in [0, 0.05) is 12.7 Å². The van der Waals surface area contributed by atoms with Crippen LogP contribution in [0.5, 0.6) is 0 Å². The van der Waals surface area contributed by atoms with Gasteiger partial charge in [-0.1, -0.05) is 0 Å². The van der Waals surface area contributed by atoms with Gasteiger partial charge in [-0.2, -0.15) is 0 Å². The summed E-state index contributed by atoms with van der Waals surface area (Å²) in [5.74, 6) is -1.51. The molecule has 1 fully saturated rings. The molecule has 1 aliphatic carbocycles. The van der Waals surface area contributed by atoms with Crippen LogP contribution in [0, 0.1) is 5.41 Å². The molecule has 0 radical (unpaired) electrons. The van der Waals surface area contributed by atoms with Crippen LogP contribution in [0.15, 0.2) is 0 Å². The third-order valence-electron chi connectivity index (χ3n) is 2.81. The summed E-state index contributed by atoms with van der Waals surface area (Å²) in [6, 6.07) is -0.948. The van der Waals surface area contributed by atoms with Gasteiger partial charge >= 0.3 is 5.97 Å². The maximum absolute atomic E-state index is 11.5. The summed E-state index contributed by atoms with van der Waals surface area (Å²) < 4.78 is 22.3. The van der Waals surface area contributed by atoms with Crippen LogP contribution in [-0.2, 0) is 19.4 Å². The van der Waals surface area contributed by atoms with Crippen molar-refractivity contribution in [3.63, 3.8) is 0 Å². The minimum Gasteiger partial charge on any atom is -0.480 e. The number of sulfone groups is 1. The summed E-state index contributed by atoms with van der Waals surface area (Å²) in [6.07, 6.45) is 2.63. The van der Waals surface area contributed by atoms with Crippen molar-refractivity contribution in [3.05, 3.63) is 0 Å². The highest BCUT2D eigenvalue weighted by atomic mass is 32.2. The van der Waals surface area contributed by atoms with Crippen molar-refractivity contribution >= 4 is 21.7 Å². The van der Waals surface area contributed by atoms with Crippen LogP contribution in [-0.4, -0.2) is 43.5 Å². The number of amides is 1. The largest absolute Gasteiger partial charge is 0.480 e. The molecule has 1 saturated carbocycles. The van der Waals surface area contributed by atoms with Crippen LogP contribution in [0.3, 0.4) is 0 Å². The molecule has 2 N–H and O–H groups in total. The van der Waals surface area contributed by atoms with E-state index >= 15 is 0 Å². The first kappa shape index (κ1) is 14.0. The molecule has 0 bridgehead atoms. The summed E-state index contributed by atoms with van der Waals surface area (Å²) in [5.41, 5.74) is -0.462. The number of carbonyl (C=O) groups is 2. The van der Waals surface area contributed by atoms with Gasteiger partial charge in [-0.25, -0.2) is 8.42 Å². The van der Waals surface area contributed by atoms with Crippen LogP contribution in [0.25, 0.3) is 0 Å². The summed E-state index contributed by atoms with van der Waals surface area (Å²) in [5, 5.41) is 10.9. The smallest absolute Gasteiger partial charge is 0.325 e. The quantitative estimate of drug-likeness (QED) is 0.690. The van der Waals surface area contributed by atoms with E-state index in [4.69, 9.17) is 5.11 Å². The maximum atomic E-state index is 11.5. The average Bonchev–Trinajstić information content (AvgIpc) is 2.80. The second kappa shape index (κ2) is 4.64. The molecule has 0 aliphatic heterocycles. The highest BCUT2D eigenvalue weighted by molar-refractivity contribution is 7.90. The van der Waals surface area contributed by atoms with Gasteiger partial charge in [0.05, 0.1) is 5.75 Å². The molecule has 98 valence electrons. The van der Waals surface area contributed by atoms with Crippen molar-refractivity contribution in [3.8, 4) is 0 Å². The minimum absolute atomic E-state index is 0.00509. The topological polar surface area (TPSA) is 101 Å². The lowest BCUT2D eigenvalue weighted by Gasteiger charge is -2.15. The fraction of sp³-hybridized carbons (Fsp3) is 0.800. The van der Waals surface area contributed by atoms with E-state index in [1.807, 2.05) is 0 Å². The molecule has 17 heavy (non-hydrogen) atoms. The first-order valence-corrected chi connectivity index (χ1v) is 7.40. The Kier molecular flexibility index (Phi) is 3.81. The first-order chi connectivity index (χ1) is 7.64. The summed E-state index contributed by atoms with van der Waals surface area (Å²) in [7, 11) is -3.11. The monoisotopic (exact) mass is 263 g/mol. The summed E-state index contributed by atoms with van der Waals surface area (Å²) in [6.45, 7) is 1.37. The molecule has 0 aromatic carbocycles. The zero-order valence-corrected chi connectivity index (χ0v) is 10.7. The third-order valence-corrected chi connectivity index (χ3v) is 3.95. The van der Waals surface area contributed by atoms with E-state index in [1.165, 1.54) is 6.92 Å². The molecule has 0 saturated heterocycles. The van der Waals surface area contributed by atoms with Gasteiger partial charge in [-0.15, -0.1) is 0 Å². The molecular formula is C10H17NO5S. The summed E-state index contributed by atoms with van der Waals surface area (Å²) >= 11 is 0. The predicted octanol–water partition coefficient (Wildman–Crippen LogP) is -0.209. The normalized spacial score (nSPS) is 19.4. The van der Waals surface area contributed by atoms with Crippen molar-refractivity contribution in [1.29, 1.82) is 0 Å². The SMILES string of the molecule is C[C@@H](NC(=O)CC1(CS(C)(=O)=O)CC1)C(=O)O. The van der Waals surface area contributed by atoms with E-state index in [1.54, 1.807) is 0 Å². The minimum atomic E-state index is -3.11. The van der Waals surface area contributed by atoms with Gasteiger partial charge in [-0.3, -0.25) is 9.59 Å². The van der Waals surface area contributed by atoms with Crippen LogP contribution in [0.1, 0.15) is 26.2 Å². The van der Waals surface area contributed by atoms with Gasteiger partial charge < -0.3 is 10.4 Å². The number of hydrogen-bond acceptors (Lipinski definition) is 4. The number of carboxylic acids is 1. The van der Waals surface area contributed by atoms with Crippen molar-refractivity contribution in [1.82, 2.24) is 5.32 Å². The van der Waals surface area contributed by atoms with Crippen LogP contribution >= 0.6 is 0 Å². The van der Waals surface area contributed by atoms with Gasteiger partial charge in [0.15, 0.2) is 0 Å². The Balaban J connectivity index is 2.49. The van der Waals surface area contributed by atoms with Crippen LogP contribution in [0.4, 0.5) is 0 Å². The lowest BCUT2D eigenvalue weighted by molar-refractivity contribution is -0.141. The highest BCUT2D eigenvalue weighted by Gasteiger charge is 2.46. The second-order valence-electron chi connectivity index (χ2n) is 4.87. The Morgan fingerprint density at radius 1 is 1.41 bits per heavy atom. The van der Waals surface area contributed by atoms with Crippen molar-refractivity contribution in [2.75, 3.05) is 12.0 Å². The molecule has 1 atom stereocenters. The summed E-state index contributed by atoms with van der Waals surface area (Å²) in [4.78, 5) is 22.1. The van der Waals surface area contributed by atoms with Gasteiger partial charge in [0.1, 0.15) is 15.9 Å². The van der Waals surface area contributed by atoms with Gasteiger partial charge in [0.2, 0.25) is 5.91 Å². The van der Waals surface area contributed by atoms with Gasteiger partial charge in [-0.05, 0) is 25.2 Å². The molecule has 0 spiro atoms. The van der Waals surface area contributed by atoms with E-state index in [0.717, 1.165) is 6.26 Å². The number of nitrogens with one attached hydrogen (secondary N) is 1. The molecule has 1 aliphatic rings. The third kappa shape index (κ3) is 4.72. The number of hydrogen-bond donors (Lipinski definition) is 2. The van der Waals surface area contributed by atoms with E-state index in [0.29, 0.717) is 12.8 Å². The Bertz CT molecular complexity index is 424. The van der Waals surface area contributed by atoms with E-state index in [2.05, 4.69) is 5.32 Å². The van der Waals surface area contributed by atoms with Gasteiger partial charge in [0.25, 0.3) is 0 Å². The van der Waals surface area contributed by atoms with Crippen molar-refractivity contribution in [2.24, 2.45) is 5.41 Å². The Morgan fingerprint density at radius 2 is 1.94 bits per heavy atom. The van der Waals surface area contributed by atoms with Crippen molar-refractivity contribution in [2.45, 2.75) is 32.2 Å². The fourth-order valence-corrected chi connectivity index (χ4v) is 3.30. The molecule has 0 aromatic rings. The molecule has 0 unspecified atom stereocenters. The maximum Gasteiger partial charge on any atom is 0.325 e. The van der Waals surface area contributed by atoms with Crippen LogP contribution in [0.2, 0.25) is 0 Å². The van der Waals surface area contributed by atoms with E-state index < -0.39 is 33.2 Å². The zero-order valence-electron chi connectivity index (χ0n) is 9.89. The lowest BCUT2D eigenvalue weighted by Crippen LogP contribution is -2.39. The zero-order chi connectivity index (χ0) is 13.3. The molecule has 1 amide bonds. The van der Waals surface area contributed by atoms with E-state index in [9.17, 15) is 18.0 Å². The molecule has 0 aromatic heterocycles. The Hall–Kier alpha value is -1.11. The molecule has 7 heteroatoms. The number of carboxylic acid groups (broad SMARTS) is 1. The number of aliphatic carboxylic acids is 1. The van der Waals surface area contributed by atoms with E-state index in [-0.39, 0.29) is 12.2 Å². The number of carbonyl (C=O) groups excluding carboxylic acids is 1. The predicted molar refractivity (Wildman–Crippen MR) is 61.2 cm³/mol. The number of rotatable bonds is 6. The van der Waals surface area contributed by atoms with Crippen molar-refractivity contribution < 1.29 is 23.1 Å². The molecule has 0 heterocycles. The average molecular weight is 263 g/mol. The second-order valence-corrected chi connectivity index (χ2v) is 7.01. The Labute approximate surface area is 100 Å².